The molecule has 4 heteroatoms. The Labute approximate surface area is 195 Å². The van der Waals surface area contributed by atoms with Crippen LogP contribution in [0.1, 0.15) is 67.2 Å². The van der Waals surface area contributed by atoms with E-state index in [1.165, 1.54) is 42.0 Å². The Morgan fingerprint density at radius 3 is 2.00 bits per heavy atom. The molecule has 2 aliphatic carbocycles. The average Bonchev–Trinajstić information content (AvgIpc) is 3.04. The van der Waals surface area contributed by atoms with Crippen LogP contribution in [-0.4, -0.2) is 8.07 Å². The van der Waals surface area contributed by atoms with Crippen LogP contribution in [0.4, 0.5) is 0 Å². The molecule has 0 spiro atoms. The van der Waals surface area contributed by atoms with Crippen LogP contribution in [0.5, 0.6) is 0 Å². The summed E-state index contributed by atoms with van der Waals surface area (Å²) in [4.78, 5) is 0. The van der Waals surface area contributed by atoms with Gasteiger partial charge in [-0.25, -0.2) is 16.8 Å². The molecule has 1 aliphatic heterocycles. The molecule has 0 radical (unpaired) electrons. The topological polar surface area (TPSA) is 0 Å². The Morgan fingerprint density at radius 2 is 1.73 bits per heavy atom. The van der Waals surface area contributed by atoms with Gasteiger partial charge in [-0.05, 0) is 0 Å². The van der Waals surface area contributed by atoms with Crippen molar-refractivity contribution in [2.75, 3.05) is 0 Å². The summed E-state index contributed by atoms with van der Waals surface area (Å²) in [5.74, 6) is 0. The fraction of sp³-hybridized carbons (Fsp3) is 0.636. The van der Waals surface area contributed by atoms with Crippen molar-refractivity contribution in [1.82, 2.24) is 0 Å². The smallest absolute Gasteiger partial charge is 1.00 e. The quantitative estimate of drug-likeness (QED) is 0.409. The van der Waals surface area contributed by atoms with Gasteiger partial charge in [0.1, 0.15) is 0 Å². The zero-order chi connectivity index (χ0) is 17.1. The van der Waals surface area contributed by atoms with Gasteiger partial charge in [-0.2, -0.15) is 17.2 Å². The molecule has 0 atom stereocenters. The predicted molar refractivity (Wildman–Crippen MR) is 105 cm³/mol. The molecule has 0 bridgehead atoms. The summed E-state index contributed by atoms with van der Waals surface area (Å²) < 4.78 is 0. The van der Waals surface area contributed by atoms with Crippen LogP contribution in [0.3, 0.4) is 0 Å². The molecule has 0 amide bonds. The van der Waals surface area contributed by atoms with Crippen LogP contribution >= 0.6 is 0 Å². The van der Waals surface area contributed by atoms with Gasteiger partial charge in [-0.3, -0.25) is 12.2 Å². The van der Waals surface area contributed by atoms with Gasteiger partial charge in [0.15, 0.2) is 0 Å². The van der Waals surface area contributed by atoms with Crippen molar-refractivity contribution in [3.05, 3.63) is 46.2 Å². The molecular weight excluding hydrogens is 454 g/mol. The molecule has 1 fully saturated rings. The van der Waals surface area contributed by atoms with Gasteiger partial charge >= 0.3 is 26.2 Å². The van der Waals surface area contributed by atoms with E-state index in [0.717, 1.165) is 6.42 Å². The van der Waals surface area contributed by atoms with Crippen LogP contribution in [0, 0.1) is 17.6 Å². The number of unbranched alkanes of at least 4 members (excludes halogenated alkanes) is 1. The third-order valence-corrected chi connectivity index (χ3v) is 11.6. The molecule has 1 heterocycles. The van der Waals surface area contributed by atoms with Gasteiger partial charge in [0.25, 0.3) is 0 Å². The van der Waals surface area contributed by atoms with E-state index < -0.39 is 8.07 Å². The third kappa shape index (κ3) is 6.61. The molecule has 3 rings (SSSR count). The first-order valence-corrected chi connectivity index (χ1v) is 12.0. The molecule has 144 valence electrons. The zero-order valence-electron chi connectivity index (χ0n) is 17.4. The second kappa shape index (κ2) is 12.3. The minimum Gasteiger partial charge on any atom is -1.00 e. The van der Waals surface area contributed by atoms with E-state index in [1.54, 1.807) is 17.3 Å². The third-order valence-electron chi connectivity index (χ3n) is 6.15. The van der Waals surface area contributed by atoms with E-state index in [2.05, 4.69) is 65.8 Å². The molecule has 0 nitrogen and oxygen atoms in total. The van der Waals surface area contributed by atoms with Crippen molar-refractivity contribution in [2.45, 2.75) is 85.4 Å². The summed E-state index contributed by atoms with van der Waals surface area (Å²) in [6.07, 6.45) is 17.1. The van der Waals surface area contributed by atoms with Crippen LogP contribution in [-0.2, 0) is 26.2 Å². The van der Waals surface area contributed by atoms with Crippen LogP contribution in [0.25, 0.3) is 0 Å². The first-order valence-electron chi connectivity index (χ1n) is 9.40. The van der Waals surface area contributed by atoms with Crippen molar-refractivity contribution in [1.29, 1.82) is 0 Å². The molecule has 0 N–H and O–H groups in total. The fourth-order valence-electron chi connectivity index (χ4n) is 3.95. The maximum absolute atomic E-state index is 3.58. The maximum Gasteiger partial charge on any atom is 4.00 e. The average molecular weight is 489 g/mol. The van der Waals surface area contributed by atoms with Crippen molar-refractivity contribution >= 4 is 8.07 Å². The number of halogens is 2. The molecule has 0 aromatic heterocycles. The van der Waals surface area contributed by atoms with Gasteiger partial charge in [0.05, 0.1) is 0 Å². The Morgan fingerprint density at radius 1 is 1.12 bits per heavy atom. The largest absolute Gasteiger partial charge is 4.00 e. The molecular formula is C22H34Cl2SiZr. The van der Waals surface area contributed by atoms with Gasteiger partial charge in [-0.15, -0.1) is 13.3 Å². The van der Waals surface area contributed by atoms with Gasteiger partial charge in [0.2, 0.25) is 0 Å². The van der Waals surface area contributed by atoms with Gasteiger partial charge < -0.3 is 24.8 Å². The Bertz CT molecular complexity index is 567. The zero-order valence-corrected chi connectivity index (χ0v) is 22.3. The van der Waals surface area contributed by atoms with Crippen molar-refractivity contribution < 1.29 is 51.0 Å². The normalized spacial score (nSPS) is 21.2. The standard InChI is InChI=1S/C12H19Si.C10H15.2ClH.Zr/c1-2-3-9-13(10-6-11-13)12-7-4-5-8-12;1-7-6-10(4,5)9(3)8(7)2;;;/h4,7H,2-3,5-6,9-11H2,1H3;1-5H3;2*1H;/q2*-1;;;+4/p-2. The van der Waals surface area contributed by atoms with Crippen LogP contribution in [0.15, 0.2) is 34.1 Å². The Kier molecular flexibility index (Phi) is 13.6. The Balaban J connectivity index is 0. The summed E-state index contributed by atoms with van der Waals surface area (Å²) in [6, 6.07) is 4.65. The molecule has 1 saturated heterocycles. The predicted octanol–water partition coefficient (Wildman–Crippen LogP) is 0.985. The molecule has 0 saturated carbocycles. The van der Waals surface area contributed by atoms with Crippen molar-refractivity contribution in [3.8, 4) is 0 Å². The summed E-state index contributed by atoms with van der Waals surface area (Å²) in [5.41, 5.74) is 4.39. The fourth-order valence-corrected chi connectivity index (χ4v) is 8.44. The minimum atomic E-state index is -0.912. The molecule has 26 heavy (non-hydrogen) atoms. The molecule has 0 aromatic rings. The first-order chi connectivity index (χ1) is 10.8. The van der Waals surface area contributed by atoms with E-state index in [1.807, 2.05) is 0 Å². The number of hydrogen-bond donors (Lipinski definition) is 0. The summed E-state index contributed by atoms with van der Waals surface area (Å²) in [7, 11) is -0.912. The second-order valence-corrected chi connectivity index (χ2v) is 12.7. The van der Waals surface area contributed by atoms with Crippen LogP contribution < -0.4 is 24.8 Å². The number of allylic oxidation sites excluding steroid dienone is 8. The van der Waals surface area contributed by atoms with Crippen molar-refractivity contribution in [3.63, 3.8) is 0 Å². The summed E-state index contributed by atoms with van der Waals surface area (Å²) in [6.45, 7) is 13.2. The Hall–Kier alpha value is 0.640. The van der Waals surface area contributed by atoms with E-state index >= 15 is 0 Å². The monoisotopic (exact) mass is 486 g/mol. The van der Waals surface area contributed by atoms with Crippen LogP contribution in [0.2, 0.25) is 18.1 Å². The van der Waals surface area contributed by atoms with Crippen molar-refractivity contribution in [2.24, 2.45) is 5.41 Å². The van der Waals surface area contributed by atoms with Gasteiger partial charge in [-0.1, -0.05) is 77.4 Å². The van der Waals surface area contributed by atoms with E-state index in [9.17, 15) is 0 Å². The first kappa shape index (κ1) is 28.8. The second-order valence-electron chi connectivity index (χ2n) is 8.06. The SMILES string of the molecule is CC1=[C-]C(C)(C)C(C)=C1C.CCCC[Si]1(C2=[C-]CC=C2)CCC1.[Cl-].[Cl-].[Zr+4]. The summed E-state index contributed by atoms with van der Waals surface area (Å²) >= 11 is 0. The molecule has 3 aliphatic rings. The van der Waals surface area contributed by atoms with E-state index in [4.69, 9.17) is 0 Å². The van der Waals surface area contributed by atoms with E-state index in [0.29, 0.717) is 0 Å². The molecule has 0 unspecified atom stereocenters. The van der Waals surface area contributed by atoms with E-state index in [-0.39, 0.29) is 56.4 Å². The summed E-state index contributed by atoms with van der Waals surface area (Å²) in [5, 5.41) is 1.67. The number of hydrogen-bond acceptors (Lipinski definition) is 0. The maximum atomic E-state index is 3.58. The number of rotatable bonds is 4. The molecule has 0 aromatic carbocycles. The minimum absolute atomic E-state index is 0. The van der Waals surface area contributed by atoms with Gasteiger partial charge in [0, 0.05) is 8.07 Å².